The van der Waals surface area contributed by atoms with Crippen molar-refractivity contribution in [3.05, 3.63) is 0 Å². The molecule has 0 radical (unpaired) electrons. The maximum absolute atomic E-state index is 8.82. The second-order valence-electron chi connectivity index (χ2n) is 5.28. The highest BCUT2D eigenvalue weighted by Gasteiger charge is 2.46. The third kappa shape index (κ3) is 1.74. The third-order valence-corrected chi connectivity index (χ3v) is 4.39. The Labute approximate surface area is 95.6 Å². The molecule has 2 atom stereocenters. The second kappa shape index (κ2) is 4.00. The van der Waals surface area contributed by atoms with Crippen molar-refractivity contribution in [2.24, 2.45) is 17.0 Å². The largest absolute Gasteiger partial charge is 0.411 e. The topological polar surface area (TPSA) is 51.1 Å². The van der Waals surface area contributed by atoms with E-state index in [1.807, 2.05) is 0 Å². The van der Waals surface area contributed by atoms with Crippen LogP contribution >= 0.6 is 0 Å². The summed E-state index contributed by atoms with van der Waals surface area (Å²) in [6.07, 6.45) is 6.22. The number of ether oxygens (including phenoxy) is 2. The molecule has 3 aliphatic rings. The van der Waals surface area contributed by atoms with Crippen LogP contribution in [0.25, 0.3) is 0 Å². The maximum Gasteiger partial charge on any atom is 0.168 e. The fraction of sp³-hybridized carbons (Fsp3) is 0.917. The predicted octanol–water partition coefficient (Wildman–Crippen LogP) is 2.16. The van der Waals surface area contributed by atoms with E-state index in [2.05, 4.69) is 5.16 Å². The Morgan fingerprint density at radius 2 is 2.00 bits per heavy atom. The smallest absolute Gasteiger partial charge is 0.168 e. The average molecular weight is 225 g/mol. The van der Waals surface area contributed by atoms with Crippen molar-refractivity contribution in [2.75, 3.05) is 13.2 Å². The van der Waals surface area contributed by atoms with E-state index in [-0.39, 0.29) is 5.79 Å². The summed E-state index contributed by atoms with van der Waals surface area (Å²) in [6, 6.07) is 0. The minimum absolute atomic E-state index is 0.255. The number of hydrogen-bond donors (Lipinski definition) is 1. The minimum Gasteiger partial charge on any atom is -0.411 e. The molecular formula is C12H19NO3. The van der Waals surface area contributed by atoms with Gasteiger partial charge in [0.2, 0.25) is 0 Å². The number of fused-ring (bicyclic) bond motifs is 1. The van der Waals surface area contributed by atoms with Gasteiger partial charge >= 0.3 is 0 Å². The van der Waals surface area contributed by atoms with Crippen LogP contribution in [0.2, 0.25) is 0 Å². The molecule has 16 heavy (non-hydrogen) atoms. The van der Waals surface area contributed by atoms with Gasteiger partial charge in [-0.15, -0.1) is 0 Å². The van der Waals surface area contributed by atoms with Crippen LogP contribution in [0.3, 0.4) is 0 Å². The van der Waals surface area contributed by atoms with E-state index in [1.165, 1.54) is 0 Å². The van der Waals surface area contributed by atoms with Gasteiger partial charge in [0.05, 0.1) is 18.9 Å². The highest BCUT2D eigenvalue weighted by molar-refractivity contribution is 5.84. The first kappa shape index (κ1) is 10.5. The van der Waals surface area contributed by atoms with Crippen molar-refractivity contribution >= 4 is 5.71 Å². The van der Waals surface area contributed by atoms with E-state index >= 15 is 0 Å². The van der Waals surface area contributed by atoms with Gasteiger partial charge in [0.25, 0.3) is 0 Å². The molecule has 90 valence electrons. The molecule has 4 nitrogen and oxygen atoms in total. The molecule has 3 fully saturated rings. The van der Waals surface area contributed by atoms with Crippen LogP contribution < -0.4 is 0 Å². The average Bonchev–Trinajstić information content (AvgIpc) is 2.77. The van der Waals surface area contributed by atoms with E-state index in [9.17, 15) is 0 Å². The van der Waals surface area contributed by atoms with Crippen molar-refractivity contribution in [3.8, 4) is 0 Å². The molecule has 0 aromatic heterocycles. The van der Waals surface area contributed by atoms with Crippen LogP contribution in [0.15, 0.2) is 5.16 Å². The summed E-state index contributed by atoms with van der Waals surface area (Å²) in [4.78, 5) is 0. The molecule has 0 unspecified atom stereocenters. The number of oxime groups is 1. The first-order valence-electron chi connectivity index (χ1n) is 6.29. The lowest BCUT2D eigenvalue weighted by molar-refractivity contribution is -0.195. The summed E-state index contributed by atoms with van der Waals surface area (Å²) in [6.45, 7) is 1.50. The lowest BCUT2D eigenvalue weighted by atomic mass is 9.68. The molecule has 1 aliphatic heterocycles. The molecule has 2 saturated carbocycles. The summed E-state index contributed by atoms with van der Waals surface area (Å²) < 4.78 is 11.6. The zero-order valence-electron chi connectivity index (χ0n) is 9.52. The Morgan fingerprint density at radius 3 is 2.75 bits per heavy atom. The van der Waals surface area contributed by atoms with Gasteiger partial charge < -0.3 is 14.7 Å². The first-order valence-corrected chi connectivity index (χ1v) is 6.29. The Kier molecular flexibility index (Phi) is 2.64. The van der Waals surface area contributed by atoms with Crippen LogP contribution in [0, 0.1) is 11.8 Å². The van der Waals surface area contributed by atoms with Crippen molar-refractivity contribution in [1.82, 2.24) is 0 Å². The van der Waals surface area contributed by atoms with E-state index in [0.717, 1.165) is 57.5 Å². The Hall–Kier alpha value is -0.610. The summed E-state index contributed by atoms with van der Waals surface area (Å²) in [5.41, 5.74) is 0.977. The van der Waals surface area contributed by atoms with Crippen LogP contribution in [-0.4, -0.2) is 29.9 Å². The molecule has 1 heterocycles. The van der Waals surface area contributed by atoms with Crippen molar-refractivity contribution in [2.45, 2.75) is 44.3 Å². The van der Waals surface area contributed by atoms with Gasteiger partial charge in [-0.05, 0) is 37.5 Å². The predicted molar refractivity (Wildman–Crippen MR) is 58.5 cm³/mol. The number of nitrogens with zero attached hydrogens (tertiary/aromatic N) is 1. The molecule has 3 rings (SSSR count). The third-order valence-electron chi connectivity index (χ3n) is 4.39. The quantitative estimate of drug-likeness (QED) is 0.507. The van der Waals surface area contributed by atoms with Gasteiger partial charge in [0.15, 0.2) is 5.79 Å². The van der Waals surface area contributed by atoms with E-state index < -0.39 is 0 Å². The van der Waals surface area contributed by atoms with Crippen molar-refractivity contribution in [3.63, 3.8) is 0 Å². The monoisotopic (exact) mass is 225 g/mol. The van der Waals surface area contributed by atoms with Crippen LogP contribution in [0.4, 0.5) is 0 Å². The highest BCUT2D eigenvalue weighted by atomic mass is 16.7. The van der Waals surface area contributed by atoms with Gasteiger partial charge in [-0.3, -0.25) is 0 Å². The summed E-state index contributed by atoms with van der Waals surface area (Å²) >= 11 is 0. The van der Waals surface area contributed by atoms with Crippen molar-refractivity contribution < 1.29 is 14.7 Å². The molecule has 1 N–H and O–H groups in total. The van der Waals surface area contributed by atoms with Gasteiger partial charge in [-0.25, -0.2) is 0 Å². The molecule has 1 spiro atoms. The Balaban J connectivity index is 1.68. The lowest BCUT2D eigenvalue weighted by Crippen LogP contribution is -2.42. The fourth-order valence-corrected chi connectivity index (χ4v) is 3.52. The second-order valence-corrected chi connectivity index (χ2v) is 5.28. The normalized spacial score (nSPS) is 40.1. The molecule has 0 amide bonds. The molecule has 0 aromatic carbocycles. The number of hydrogen-bond acceptors (Lipinski definition) is 4. The van der Waals surface area contributed by atoms with E-state index in [0.29, 0.717) is 11.8 Å². The molecule has 0 bridgehead atoms. The lowest BCUT2D eigenvalue weighted by Gasteiger charge is -2.43. The van der Waals surface area contributed by atoms with Crippen molar-refractivity contribution in [1.29, 1.82) is 0 Å². The number of rotatable bonds is 0. The zero-order valence-corrected chi connectivity index (χ0v) is 9.52. The molecular weight excluding hydrogens is 206 g/mol. The zero-order chi connectivity index (χ0) is 11.0. The fourth-order valence-electron chi connectivity index (χ4n) is 3.52. The van der Waals surface area contributed by atoms with Gasteiger partial charge in [0, 0.05) is 12.8 Å². The molecule has 2 aliphatic carbocycles. The van der Waals surface area contributed by atoms with Crippen LogP contribution in [0.5, 0.6) is 0 Å². The molecule has 0 aromatic rings. The summed E-state index contributed by atoms with van der Waals surface area (Å²) in [5, 5.41) is 12.2. The Morgan fingerprint density at radius 1 is 1.19 bits per heavy atom. The molecule has 1 saturated heterocycles. The van der Waals surface area contributed by atoms with E-state index in [1.54, 1.807) is 0 Å². The highest BCUT2D eigenvalue weighted by Crippen LogP contribution is 2.46. The maximum atomic E-state index is 8.82. The van der Waals surface area contributed by atoms with Gasteiger partial charge in [0.1, 0.15) is 0 Å². The minimum atomic E-state index is -0.255. The van der Waals surface area contributed by atoms with E-state index in [4.69, 9.17) is 14.7 Å². The standard InChI is InChI=1S/C12H19NO3/c14-13-11-2-1-10-8-12(15-5-6-16-12)4-3-9(10)7-11/h9-10,14H,1-8H2/b13-11+/t9-,10+/m0/s1. The summed E-state index contributed by atoms with van der Waals surface area (Å²) in [7, 11) is 0. The molecule has 4 heteroatoms. The van der Waals surface area contributed by atoms with Crippen LogP contribution in [0.1, 0.15) is 38.5 Å². The van der Waals surface area contributed by atoms with Gasteiger partial charge in [-0.2, -0.15) is 0 Å². The SMILES string of the molecule is O/N=C1\CC[C@@H]2CC3(CC[C@H]2C1)OCCO3. The van der Waals surface area contributed by atoms with Crippen LogP contribution in [-0.2, 0) is 9.47 Å². The Bertz CT molecular complexity index is 297. The first-order chi connectivity index (χ1) is 7.81. The van der Waals surface area contributed by atoms with Gasteiger partial charge in [-0.1, -0.05) is 5.16 Å². The summed E-state index contributed by atoms with van der Waals surface area (Å²) in [5.74, 6) is 1.12.